The Kier molecular flexibility index (Phi) is 6.34. The lowest BCUT2D eigenvalue weighted by Crippen LogP contribution is -2.24. The van der Waals surface area contributed by atoms with Gasteiger partial charge in [-0.25, -0.2) is 0 Å². The summed E-state index contributed by atoms with van der Waals surface area (Å²) in [6.45, 7) is 5.12. The van der Waals surface area contributed by atoms with Crippen molar-refractivity contribution in [3.8, 4) is 5.75 Å². The molecular weight excluding hydrogens is 238 g/mol. The van der Waals surface area contributed by atoms with E-state index in [9.17, 15) is 5.11 Å². The van der Waals surface area contributed by atoms with Crippen molar-refractivity contribution in [1.29, 1.82) is 0 Å². The van der Waals surface area contributed by atoms with Gasteiger partial charge in [-0.2, -0.15) is 0 Å². The van der Waals surface area contributed by atoms with Crippen molar-refractivity contribution in [1.82, 2.24) is 4.90 Å². The average Bonchev–Trinajstić information content (AvgIpc) is 2.32. The molecule has 96 valence electrons. The van der Waals surface area contributed by atoms with Crippen LogP contribution in [0.3, 0.4) is 0 Å². The third kappa shape index (κ3) is 4.94. The molecule has 3 nitrogen and oxygen atoms in total. The van der Waals surface area contributed by atoms with Gasteiger partial charge in [0.05, 0.1) is 5.02 Å². The summed E-state index contributed by atoms with van der Waals surface area (Å²) in [6, 6.07) is 5.31. The molecule has 0 saturated carbocycles. The van der Waals surface area contributed by atoms with E-state index in [1.165, 1.54) is 0 Å². The summed E-state index contributed by atoms with van der Waals surface area (Å²) in [6.07, 6.45) is 1.84. The largest absolute Gasteiger partial charge is 0.506 e. The number of rotatable bonds is 7. The number of aliphatic hydroxyl groups excluding tert-OH is 1. The van der Waals surface area contributed by atoms with E-state index in [4.69, 9.17) is 16.7 Å². The zero-order valence-corrected chi connectivity index (χ0v) is 11.0. The van der Waals surface area contributed by atoms with Gasteiger partial charge >= 0.3 is 0 Å². The van der Waals surface area contributed by atoms with Crippen LogP contribution < -0.4 is 0 Å². The van der Waals surface area contributed by atoms with Crippen molar-refractivity contribution in [2.24, 2.45) is 0 Å². The molecule has 0 amide bonds. The summed E-state index contributed by atoms with van der Waals surface area (Å²) in [5, 5.41) is 18.5. The fourth-order valence-electron chi connectivity index (χ4n) is 1.70. The Bertz CT molecular complexity index is 344. The molecule has 17 heavy (non-hydrogen) atoms. The Labute approximate surface area is 108 Å². The molecule has 0 radical (unpaired) electrons. The number of benzene rings is 1. The van der Waals surface area contributed by atoms with Crippen LogP contribution in [-0.4, -0.2) is 34.8 Å². The lowest BCUT2D eigenvalue weighted by Gasteiger charge is -2.20. The second-order valence-corrected chi connectivity index (χ2v) is 4.49. The summed E-state index contributed by atoms with van der Waals surface area (Å²) in [4.78, 5) is 2.29. The van der Waals surface area contributed by atoms with E-state index in [0.29, 0.717) is 5.02 Å². The number of aromatic hydroxyl groups is 1. The Balaban J connectivity index is 2.51. The van der Waals surface area contributed by atoms with E-state index < -0.39 is 0 Å². The molecule has 0 unspecified atom stereocenters. The van der Waals surface area contributed by atoms with E-state index in [0.717, 1.165) is 38.0 Å². The quantitative estimate of drug-likeness (QED) is 0.738. The first-order chi connectivity index (χ1) is 8.17. The van der Waals surface area contributed by atoms with E-state index in [1.807, 2.05) is 6.07 Å². The highest BCUT2D eigenvalue weighted by molar-refractivity contribution is 6.32. The Morgan fingerprint density at radius 2 is 2.06 bits per heavy atom. The topological polar surface area (TPSA) is 43.7 Å². The zero-order chi connectivity index (χ0) is 12.7. The Morgan fingerprint density at radius 3 is 2.65 bits per heavy atom. The molecule has 0 spiro atoms. The molecule has 0 aliphatic heterocycles. The summed E-state index contributed by atoms with van der Waals surface area (Å²) < 4.78 is 0. The highest BCUT2D eigenvalue weighted by Gasteiger charge is 2.05. The highest BCUT2D eigenvalue weighted by atomic mass is 35.5. The van der Waals surface area contributed by atoms with Crippen LogP contribution in [0.5, 0.6) is 5.75 Å². The second kappa shape index (κ2) is 7.54. The number of hydrogen-bond acceptors (Lipinski definition) is 3. The minimum atomic E-state index is 0.124. The number of halogens is 1. The van der Waals surface area contributed by atoms with Gasteiger partial charge in [0.1, 0.15) is 5.75 Å². The van der Waals surface area contributed by atoms with Crippen molar-refractivity contribution in [3.05, 3.63) is 28.8 Å². The van der Waals surface area contributed by atoms with Gasteiger partial charge in [0, 0.05) is 13.2 Å². The fourth-order valence-corrected chi connectivity index (χ4v) is 1.91. The Hall–Kier alpha value is -0.770. The van der Waals surface area contributed by atoms with Gasteiger partial charge < -0.3 is 10.2 Å². The van der Waals surface area contributed by atoms with Crippen LogP contribution in [0.25, 0.3) is 0 Å². The molecule has 0 saturated heterocycles. The van der Waals surface area contributed by atoms with Crippen molar-refractivity contribution >= 4 is 11.6 Å². The van der Waals surface area contributed by atoms with Crippen LogP contribution >= 0.6 is 11.6 Å². The average molecular weight is 258 g/mol. The van der Waals surface area contributed by atoms with Crippen molar-refractivity contribution in [3.63, 3.8) is 0 Å². The van der Waals surface area contributed by atoms with Crippen LogP contribution in [0.15, 0.2) is 18.2 Å². The molecule has 1 aromatic rings. The summed E-state index contributed by atoms with van der Waals surface area (Å²) in [7, 11) is 0. The number of unbranched alkanes of at least 4 members (excludes halogenated alkanes) is 1. The zero-order valence-electron chi connectivity index (χ0n) is 10.2. The van der Waals surface area contributed by atoms with Crippen LogP contribution in [0.2, 0.25) is 5.02 Å². The van der Waals surface area contributed by atoms with Gasteiger partial charge in [0.25, 0.3) is 0 Å². The van der Waals surface area contributed by atoms with Gasteiger partial charge in [0.15, 0.2) is 0 Å². The molecule has 1 rings (SSSR count). The molecule has 0 atom stereocenters. The maximum Gasteiger partial charge on any atom is 0.134 e. The SMILES string of the molecule is CCN(CCCCO)Cc1ccc(O)c(Cl)c1. The molecule has 0 heterocycles. The normalized spacial score (nSPS) is 11.1. The van der Waals surface area contributed by atoms with Gasteiger partial charge in [0.2, 0.25) is 0 Å². The smallest absolute Gasteiger partial charge is 0.134 e. The third-order valence-corrected chi connectivity index (χ3v) is 3.05. The molecule has 0 bridgehead atoms. The van der Waals surface area contributed by atoms with Gasteiger partial charge in [-0.05, 0) is 43.6 Å². The van der Waals surface area contributed by atoms with Crippen LogP contribution in [0.4, 0.5) is 0 Å². The van der Waals surface area contributed by atoms with Gasteiger partial charge in [-0.15, -0.1) is 0 Å². The maximum atomic E-state index is 9.34. The standard InChI is InChI=1S/C13H20ClNO2/c1-2-15(7-3-4-8-16)10-11-5-6-13(17)12(14)9-11/h5-6,9,16-17H,2-4,7-8,10H2,1H3. The van der Waals surface area contributed by atoms with E-state index in [2.05, 4.69) is 11.8 Å². The molecule has 1 aromatic carbocycles. The Morgan fingerprint density at radius 1 is 1.29 bits per heavy atom. The molecule has 2 N–H and O–H groups in total. The van der Waals surface area contributed by atoms with E-state index in [1.54, 1.807) is 12.1 Å². The molecule has 0 aromatic heterocycles. The number of aliphatic hydroxyl groups is 1. The van der Waals surface area contributed by atoms with Crippen molar-refractivity contribution in [2.45, 2.75) is 26.3 Å². The fraction of sp³-hybridized carbons (Fsp3) is 0.538. The van der Waals surface area contributed by atoms with E-state index >= 15 is 0 Å². The highest BCUT2D eigenvalue weighted by Crippen LogP contribution is 2.24. The first-order valence-electron chi connectivity index (χ1n) is 5.98. The van der Waals surface area contributed by atoms with Crippen LogP contribution in [0.1, 0.15) is 25.3 Å². The van der Waals surface area contributed by atoms with Crippen LogP contribution in [0, 0.1) is 0 Å². The minimum absolute atomic E-state index is 0.124. The predicted molar refractivity (Wildman–Crippen MR) is 70.4 cm³/mol. The lowest BCUT2D eigenvalue weighted by atomic mass is 10.2. The summed E-state index contributed by atoms with van der Waals surface area (Å²) in [5.41, 5.74) is 1.10. The first kappa shape index (κ1) is 14.3. The first-order valence-corrected chi connectivity index (χ1v) is 6.35. The number of phenols is 1. The molecule has 0 aliphatic carbocycles. The second-order valence-electron chi connectivity index (χ2n) is 4.09. The maximum absolute atomic E-state index is 9.34. The number of phenolic OH excluding ortho intramolecular Hbond substituents is 1. The predicted octanol–water partition coefficient (Wildman–Crippen LogP) is 2.64. The molecule has 0 aliphatic rings. The number of hydrogen-bond donors (Lipinski definition) is 2. The van der Waals surface area contributed by atoms with Gasteiger partial charge in [-0.3, -0.25) is 4.90 Å². The lowest BCUT2D eigenvalue weighted by molar-refractivity contribution is 0.243. The monoisotopic (exact) mass is 257 g/mol. The van der Waals surface area contributed by atoms with Crippen molar-refractivity contribution in [2.75, 3.05) is 19.7 Å². The summed E-state index contributed by atoms with van der Waals surface area (Å²) >= 11 is 5.87. The minimum Gasteiger partial charge on any atom is -0.506 e. The molecule has 4 heteroatoms. The van der Waals surface area contributed by atoms with Crippen LogP contribution in [-0.2, 0) is 6.54 Å². The van der Waals surface area contributed by atoms with Crippen molar-refractivity contribution < 1.29 is 10.2 Å². The van der Waals surface area contributed by atoms with Gasteiger partial charge in [-0.1, -0.05) is 24.6 Å². The number of nitrogens with zero attached hydrogens (tertiary/aromatic N) is 1. The molecular formula is C13H20ClNO2. The third-order valence-electron chi connectivity index (χ3n) is 2.75. The summed E-state index contributed by atoms with van der Waals surface area (Å²) in [5.74, 6) is 0.124. The molecule has 0 fully saturated rings. The van der Waals surface area contributed by atoms with E-state index in [-0.39, 0.29) is 12.4 Å².